The fourth-order valence-electron chi connectivity index (χ4n) is 2.35. The summed E-state index contributed by atoms with van der Waals surface area (Å²) in [4.78, 5) is 23.8. The molecule has 1 aromatic carbocycles. The van der Waals surface area contributed by atoms with Gasteiger partial charge in [-0.1, -0.05) is 37.3 Å². The molecule has 0 saturated carbocycles. The minimum atomic E-state index is -0.548. The highest BCUT2D eigenvalue weighted by Gasteiger charge is 2.23. The van der Waals surface area contributed by atoms with E-state index in [1.165, 1.54) is 0 Å². The number of alkyl carbamates (subject to hydrolysis) is 1. The fourth-order valence-corrected chi connectivity index (χ4v) is 2.35. The van der Waals surface area contributed by atoms with Crippen molar-refractivity contribution in [2.45, 2.75) is 52.2 Å². The normalized spacial score (nSPS) is 13.8. The molecule has 0 bridgehead atoms. The Kier molecular flexibility index (Phi) is 7.07. The molecule has 0 fully saturated rings. The van der Waals surface area contributed by atoms with Crippen molar-refractivity contribution >= 4 is 12.0 Å². The molecule has 0 aliphatic heterocycles. The van der Waals surface area contributed by atoms with E-state index < -0.39 is 11.7 Å². The summed E-state index contributed by atoms with van der Waals surface area (Å²) in [5.41, 5.74) is 0.561. The third kappa shape index (κ3) is 7.68. The average molecular weight is 320 g/mol. The van der Waals surface area contributed by atoms with Crippen molar-refractivity contribution in [1.29, 1.82) is 0 Å². The molecule has 5 heteroatoms. The van der Waals surface area contributed by atoms with Gasteiger partial charge in [0, 0.05) is 19.0 Å². The van der Waals surface area contributed by atoms with Gasteiger partial charge in [-0.15, -0.1) is 0 Å². The quantitative estimate of drug-likeness (QED) is 0.847. The van der Waals surface area contributed by atoms with E-state index >= 15 is 0 Å². The van der Waals surface area contributed by atoms with Gasteiger partial charge >= 0.3 is 6.09 Å². The molecular weight excluding hydrogens is 292 g/mol. The molecule has 2 N–H and O–H groups in total. The second-order valence-corrected chi connectivity index (χ2v) is 6.78. The lowest BCUT2D eigenvalue weighted by Gasteiger charge is -2.25. The Morgan fingerprint density at radius 2 is 1.78 bits per heavy atom. The molecule has 2 unspecified atom stereocenters. The van der Waals surface area contributed by atoms with Crippen molar-refractivity contribution in [2.75, 3.05) is 7.05 Å². The van der Waals surface area contributed by atoms with Crippen LogP contribution in [0.25, 0.3) is 0 Å². The zero-order valence-electron chi connectivity index (χ0n) is 14.7. The van der Waals surface area contributed by atoms with Crippen LogP contribution in [0.2, 0.25) is 0 Å². The average Bonchev–Trinajstić information content (AvgIpc) is 2.45. The predicted octanol–water partition coefficient (Wildman–Crippen LogP) is 2.89. The number of rotatable bonds is 6. The number of carbonyl (C=O) groups excluding carboxylic acids is 2. The van der Waals surface area contributed by atoms with Gasteiger partial charge in [-0.2, -0.15) is 0 Å². The number of hydrogen-bond donors (Lipinski definition) is 2. The van der Waals surface area contributed by atoms with Gasteiger partial charge in [-0.05, 0) is 39.2 Å². The third-order valence-corrected chi connectivity index (χ3v) is 3.38. The van der Waals surface area contributed by atoms with E-state index in [1.807, 2.05) is 58.0 Å². The van der Waals surface area contributed by atoms with Crippen molar-refractivity contribution in [1.82, 2.24) is 10.6 Å². The number of carbonyl (C=O) groups is 2. The Bertz CT molecular complexity index is 509. The van der Waals surface area contributed by atoms with Gasteiger partial charge in [0.15, 0.2) is 0 Å². The van der Waals surface area contributed by atoms with Gasteiger partial charge in [0.25, 0.3) is 0 Å². The Labute approximate surface area is 138 Å². The molecular formula is C18H28N2O3. The topological polar surface area (TPSA) is 67.4 Å². The van der Waals surface area contributed by atoms with Gasteiger partial charge in [-0.3, -0.25) is 4.79 Å². The lowest BCUT2D eigenvalue weighted by Crippen LogP contribution is -2.42. The monoisotopic (exact) mass is 320 g/mol. The predicted molar refractivity (Wildman–Crippen MR) is 91.2 cm³/mol. The van der Waals surface area contributed by atoms with E-state index in [0.29, 0.717) is 12.8 Å². The molecule has 0 aromatic heterocycles. The van der Waals surface area contributed by atoms with E-state index in [9.17, 15) is 9.59 Å². The summed E-state index contributed by atoms with van der Waals surface area (Å²) in [5, 5.41) is 5.53. The lowest BCUT2D eigenvalue weighted by atomic mass is 9.95. The molecule has 1 aromatic rings. The smallest absolute Gasteiger partial charge is 0.407 e. The maximum absolute atomic E-state index is 12.0. The summed E-state index contributed by atoms with van der Waals surface area (Å²) in [7, 11) is 1.62. The molecule has 2 amide bonds. The summed E-state index contributed by atoms with van der Waals surface area (Å²) in [6.07, 6.45) is 0.748. The highest BCUT2D eigenvalue weighted by Crippen LogP contribution is 2.14. The van der Waals surface area contributed by atoms with Crippen LogP contribution in [0, 0.1) is 5.92 Å². The van der Waals surface area contributed by atoms with Gasteiger partial charge in [0.05, 0.1) is 0 Å². The second-order valence-electron chi connectivity index (χ2n) is 6.78. The first-order valence-electron chi connectivity index (χ1n) is 7.96. The number of amides is 2. The number of hydrogen-bond acceptors (Lipinski definition) is 3. The zero-order chi connectivity index (χ0) is 17.5. The van der Waals surface area contributed by atoms with Crippen molar-refractivity contribution in [3.8, 4) is 0 Å². The van der Waals surface area contributed by atoms with Crippen LogP contribution in [-0.2, 0) is 16.0 Å². The maximum Gasteiger partial charge on any atom is 0.407 e. The van der Waals surface area contributed by atoms with Crippen LogP contribution in [0.15, 0.2) is 30.3 Å². The Balaban J connectivity index is 2.75. The number of ether oxygens (including phenoxy) is 1. The highest BCUT2D eigenvalue weighted by atomic mass is 16.6. The first kappa shape index (κ1) is 19.0. The van der Waals surface area contributed by atoms with Gasteiger partial charge < -0.3 is 15.4 Å². The largest absolute Gasteiger partial charge is 0.444 e. The van der Waals surface area contributed by atoms with E-state index in [1.54, 1.807) is 7.05 Å². The van der Waals surface area contributed by atoms with Crippen LogP contribution in [0.1, 0.15) is 39.7 Å². The molecule has 0 aliphatic rings. The molecule has 1 rings (SSSR count). The van der Waals surface area contributed by atoms with Gasteiger partial charge in [0.1, 0.15) is 5.60 Å². The van der Waals surface area contributed by atoms with Gasteiger partial charge in [-0.25, -0.2) is 4.79 Å². The summed E-state index contributed by atoms with van der Waals surface area (Å²) >= 11 is 0. The van der Waals surface area contributed by atoms with Crippen LogP contribution >= 0.6 is 0 Å². The molecule has 0 aliphatic carbocycles. The van der Waals surface area contributed by atoms with Crippen molar-refractivity contribution in [2.24, 2.45) is 5.92 Å². The van der Waals surface area contributed by atoms with E-state index in [2.05, 4.69) is 10.6 Å². The molecule has 23 heavy (non-hydrogen) atoms. The zero-order valence-corrected chi connectivity index (χ0v) is 14.7. The third-order valence-electron chi connectivity index (χ3n) is 3.38. The highest BCUT2D eigenvalue weighted by molar-refractivity contribution is 5.78. The second kappa shape index (κ2) is 8.56. The van der Waals surface area contributed by atoms with Gasteiger partial charge in [0.2, 0.25) is 5.91 Å². The van der Waals surface area contributed by atoms with Crippen LogP contribution in [0.3, 0.4) is 0 Å². The van der Waals surface area contributed by atoms with E-state index in [0.717, 1.165) is 5.56 Å². The molecule has 0 spiro atoms. The number of benzene rings is 1. The molecule has 0 heterocycles. The number of nitrogens with one attached hydrogen (secondary N) is 2. The first-order chi connectivity index (χ1) is 10.7. The van der Waals surface area contributed by atoms with E-state index in [-0.39, 0.29) is 17.9 Å². The lowest BCUT2D eigenvalue weighted by molar-refractivity contribution is -0.124. The van der Waals surface area contributed by atoms with Crippen LogP contribution in [-0.4, -0.2) is 30.7 Å². The van der Waals surface area contributed by atoms with Crippen LogP contribution in [0.5, 0.6) is 0 Å². The van der Waals surface area contributed by atoms with E-state index in [4.69, 9.17) is 4.74 Å². The fraction of sp³-hybridized carbons (Fsp3) is 0.556. The van der Waals surface area contributed by atoms with Crippen molar-refractivity contribution in [3.05, 3.63) is 35.9 Å². The molecule has 2 atom stereocenters. The minimum absolute atomic E-state index is 0.0333. The Morgan fingerprint density at radius 3 is 2.30 bits per heavy atom. The first-order valence-corrected chi connectivity index (χ1v) is 7.96. The maximum atomic E-state index is 12.0. The summed E-state index contributed by atoms with van der Waals surface area (Å²) < 4.78 is 5.32. The summed E-state index contributed by atoms with van der Waals surface area (Å²) in [5.74, 6) is -0.224. The standard InChI is InChI=1S/C18H28N2O3/c1-13(16(21)19-5)11-15(12-14-9-7-6-8-10-14)20-17(22)23-18(2,3)4/h6-10,13,15H,11-12H2,1-5H3,(H,19,21)(H,20,22). The molecule has 0 radical (unpaired) electrons. The minimum Gasteiger partial charge on any atom is -0.444 e. The SMILES string of the molecule is CNC(=O)C(C)CC(Cc1ccccc1)NC(=O)OC(C)(C)C. The van der Waals surface area contributed by atoms with Crippen molar-refractivity contribution < 1.29 is 14.3 Å². The molecule has 0 saturated heterocycles. The molecule has 5 nitrogen and oxygen atoms in total. The molecule has 128 valence electrons. The summed E-state index contributed by atoms with van der Waals surface area (Å²) in [6, 6.07) is 9.72. The Morgan fingerprint density at radius 1 is 1.17 bits per heavy atom. The Hall–Kier alpha value is -2.04. The van der Waals surface area contributed by atoms with Crippen molar-refractivity contribution in [3.63, 3.8) is 0 Å². The van der Waals surface area contributed by atoms with Crippen LogP contribution in [0.4, 0.5) is 4.79 Å². The summed E-state index contributed by atoms with van der Waals surface area (Å²) in [6.45, 7) is 7.33. The van der Waals surface area contributed by atoms with Crippen LogP contribution < -0.4 is 10.6 Å².